The number of fused-ring (bicyclic) bond motifs is 1. The van der Waals surface area contributed by atoms with Gasteiger partial charge in [-0.25, -0.2) is 10.3 Å². The maximum absolute atomic E-state index is 11.5. The van der Waals surface area contributed by atoms with Gasteiger partial charge < -0.3 is 9.73 Å². The second kappa shape index (κ2) is 6.90. The number of amides is 1. The van der Waals surface area contributed by atoms with Gasteiger partial charge in [-0.2, -0.15) is 0 Å². The Morgan fingerprint density at radius 2 is 2.10 bits per heavy atom. The molecule has 0 bridgehead atoms. The average molecular weight is 290 g/mol. The fourth-order valence-corrected chi connectivity index (χ4v) is 2.11. The smallest absolute Gasteiger partial charge is 0.338 e. The Balaban J connectivity index is 2.03. The molecule has 2 aromatic rings. The standard InChI is InChI=1S/C15H18N2O4/c1-10-5-6-13-11(8-10)12(9-15(19)21-13)16-7-3-2-4-14(18)17-20/h5-6,8-9,16,20H,2-4,7H2,1H3,(H,17,18). The molecule has 112 valence electrons. The summed E-state index contributed by atoms with van der Waals surface area (Å²) in [7, 11) is 0. The molecule has 6 heteroatoms. The molecule has 0 saturated carbocycles. The number of anilines is 1. The maximum Gasteiger partial charge on any atom is 0.338 e. The van der Waals surface area contributed by atoms with Crippen LogP contribution in [0, 0.1) is 6.92 Å². The first-order chi connectivity index (χ1) is 10.1. The van der Waals surface area contributed by atoms with Gasteiger partial charge in [-0.05, 0) is 31.9 Å². The third-order valence-electron chi connectivity index (χ3n) is 3.17. The molecule has 2 rings (SSSR count). The fourth-order valence-electron chi connectivity index (χ4n) is 2.11. The Kier molecular flexibility index (Phi) is 4.94. The fraction of sp³-hybridized carbons (Fsp3) is 0.333. The number of carbonyl (C=O) groups excluding carboxylic acids is 1. The first-order valence-electron chi connectivity index (χ1n) is 6.81. The molecule has 0 fully saturated rings. The van der Waals surface area contributed by atoms with E-state index in [2.05, 4.69) is 5.32 Å². The van der Waals surface area contributed by atoms with Crippen molar-refractivity contribution >= 4 is 22.6 Å². The van der Waals surface area contributed by atoms with E-state index in [1.807, 2.05) is 19.1 Å². The number of rotatable bonds is 6. The Bertz CT molecular complexity index is 694. The predicted octanol–water partition coefficient (Wildman–Crippen LogP) is 2.19. The summed E-state index contributed by atoms with van der Waals surface area (Å²) in [4.78, 5) is 22.4. The van der Waals surface area contributed by atoms with Crippen LogP contribution in [-0.4, -0.2) is 17.7 Å². The van der Waals surface area contributed by atoms with Crippen LogP contribution in [-0.2, 0) is 4.79 Å². The van der Waals surface area contributed by atoms with Crippen LogP contribution in [0.5, 0.6) is 0 Å². The molecule has 0 atom stereocenters. The molecular weight excluding hydrogens is 272 g/mol. The molecule has 3 N–H and O–H groups in total. The van der Waals surface area contributed by atoms with Crippen LogP contribution in [0.4, 0.5) is 5.69 Å². The molecule has 1 heterocycles. The van der Waals surface area contributed by atoms with Crippen LogP contribution in [0.2, 0.25) is 0 Å². The molecule has 0 unspecified atom stereocenters. The van der Waals surface area contributed by atoms with E-state index in [4.69, 9.17) is 9.62 Å². The summed E-state index contributed by atoms with van der Waals surface area (Å²) in [6.07, 6.45) is 1.67. The lowest BCUT2D eigenvalue weighted by Crippen LogP contribution is -2.18. The molecule has 0 aliphatic carbocycles. The summed E-state index contributed by atoms with van der Waals surface area (Å²) >= 11 is 0. The van der Waals surface area contributed by atoms with E-state index in [1.165, 1.54) is 6.07 Å². The average Bonchev–Trinajstić information content (AvgIpc) is 2.47. The third-order valence-corrected chi connectivity index (χ3v) is 3.17. The molecule has 0 aliphatic heterocycles. The van der Waals surface area contributed by atoms with E-state index in [-0.39, 0.29) is 6.42 Å². The SMILES string of the molecule is Cc1ccc2oc(=O)cc(NCCCCC(=O)NO)c2c1. The monoisotopic (exact) mass is 290 g/mol. The molecule has 0 radical (unpaired) electrons. The van der Waals surface area contributed by atoms with Gasteiger partial charge in [-0.15, -0.1) is 0 Å². The lowest BCUT2D eigenvalue weighted by atomic mass is 10.1. The van der Waals surface area contributed by atoms with Crippen molar-refractivity contribution in [2.75, 3.05) is 11.9 Å². The zero-order valence-corrected chi connectivity index (χ0v) is 11.8. The van der Waals surface area contributed by atoms with Crippen molar-refractivity contribution in [3.8, 4) is 0 Å². The first-order valence-corrected chi connectivity index (χ1v) is 6.81. The van der Waals surface area contributed by atoms with E-state index in [0.717, 1.165) is 23.1 Å². The highest BCUT2D eigenvalue weighted by Gasteiger charge is 2.05. The van der Waals surface area contributed by atoms with E-state index >= 15 is 0 Å². The molecule has 1 aromatic heterocycles. The first kappa shape index (κ1) is 15.1. The Morgan fingerprint density at radius 1 is 1.29 bits per heavy atom. The predicted molar refractivity (Wildman–Crippen MR) is 79.5 cm³/mol. The highest BCUT2D eigenvalue weighted by Crippen LogP contribution is 2.22. The Labute approximate surface area is 121 Å². The quantitative estimate of drug-likeness (QED) is 0.328. The van der Waals surface area contributed by atoms with Gasteiger partial charge in [0.15, 0.2) is 0 Å². The summed E-state index contributed by atoms with van der Waals surface area (Å²) in [5.74, 6) is -0.392. The zero-order chi connectivity index (χ0) is 15.2. The number of aryl methyl sites for hydroxylation is 1. The number of nitrogens with one attached hydrogen (secondary N) is 2. The summed E-state index contributed by atoms with van der Waals surface area (Å²) in [5, 5.41) is 12.4. The van der Waals surface area contributed by atoms with Crippen LogP contribution in [0.1, 0.15) is 24.8 Å². The molecule has 6 nitrogen and oxygen atoms in total. The van der Waals surface area contributed by atoms with Gasteiger partial charge in [-0.1, -0.05) is 11.6 Å². The molecule has 0 saturated heterocycles. The van der Waals surface area contributed by atoms with Crippen molar-refractivity contribution in [3.05, 3.63) is 40.2 Å². The minimum absolute atomic E-state index is 0.273. The van der Waals surface area contributed by atoms with Crippen LogP contribution in [0.3, 0.4) is 0 Å². The zero-order valence-electron chi connectivity index (χ0n) is 11.8. The van der Waals surface area contributed by atoms with Gasteiger partial charge in [0, 0.05) is 24.4 Å². The molecule has 1 amide bonds. The number of carbonyl (C=O) groups is 1. The number of unbranched alkanes of at least 4 members (excludes halogenated alkanes) is 1. The molecule has 1 aromatic carbocycles. The van der Waals surface area contributed by atoms with E-state index in [0.29, 0.717) is 18.5 Å². The van der Waals surface area contributed by atoms with E-state index in [9.17, 15) is 9.59 Å². The van der Waals surface area contributed by atoms with Crippen LogP contribution < -0.4 is 16.4 Å². The summed E-state index contributed by atoms with van der Waals surface area (Å²) in [5.41, 5.74) is 3.57. The number of hydrogen-bond acceptors (Lipinski definition) is 5. The molecule has 21 heavy (non-hydrogen) atoms. The molecule has 0 spiro atoms. The minimum atomic E-state index is -0.395. The number of benzene rings is 1. The molecular formula is C15H18N2O4. The van der Waals surface area contributed by atoms with Gasteiger partial charge >= 0.3 is 5.63 Å². The third kappa shape index (κ3) is 4.06. The number of hydrogen-bond donors (Lipinski definition) is 3. The van der Waals surface area contributed by atoms with E-state index in [1.54, 1.807) is 11.5 Å². The lowest BCUT2D eigenvalue weighted by Gasteiger charge is -2.09. The van der Waals surface area contributed by atoms with Gasteiger partial charge in [0.25, 0.3) is 0 Å². The van der Waals surface area contributed by atoms with Crippen molar-refractivity contribution in [2.24, 2.45) is 0 Å². The van der Waals surface area contributed by atoms with Crippen molar-refractivity contribution < 1.29 is 14.4 Å². The van der Waals surface area contributed by atoms with Crippen molar-refractivity contribution in [1.82, 2.24) is 5.48 Å². The van der Waals surface area contributed by atoms with Crippen LogP contribution >= 0.6 is 0 Å². The van der Waals surface area contributed by atoms with E-state index < -0.39 is 11.5 Å². The van der Waals surface area contributed by atoms with Crippen molar-refractivity contribution in [1.29, 1.82) is 0 Å². The molecule has 0 aliphatic rings. The van der Waals surface area contributed by atoms with Crippen LogP contribution in [0.15, 0.2) is 33.5 Å². The Hall–Kier alpha value is -2.34. The summed E-state index contributed by atoms with van der Waals surface area (Å²) in [6.45, 7) is 2.60. The second-order valence-electron chi connectivity index (χ2n) is 4.90. The van der Waals surface area contributed by atoms with Gasteiger partial charge in [0.1, 0.15) is 5.58 Å². The minimum Gasteiger partial charge on any atom is -0.423 e. The topological polar surface area (TPSA) is 91.6 Å². The van der Waals surface area contributed by atoms with Crippen molar-refractivity contribution in [3.63, 3.8) is 0 Å². The maximum atomic E-state index is 11.5. The van der Waals surface area contributed by atoms with Crippen molar-refractivity contribution in [2.45, 2.75) is 26.2 Å². The number of hydroxylamine groups is 1. The largest absolute Gasteiger partial charge is 0.423 e. The lowest BCUT2D eigenvalue weighted by molar-refractivity contribution is -0.129. The van der Waals surface area contributed by atoms with Gasteiger partial charge in [0.05, 0.1) is 5.69 Å². The summed E-state index contributed by atoms with van der Waals surface area (Å²) < 4.78 is 5.15. The Morgan fingerprint density at radius 3 is 2.86 bits per heavy atom. The highest BCUT2D eigenvalue weighted by molar-refractivity contribution is 5.90. The van der Waals surface area contributed by atoms with Crippen LogP contribution in [0.25, 0.3) is 11.0 Å². The van der Waals surface area contributed by atoms with Gasteiger partial charge in [0.2, 0.25) is 5.91 Å². The summed E-state index contributed by atoms with van der Waals surface area (Å²) in [6, 6.07) is 7.06. The second-order valence-corrected chi connectivity index (χ2v) is 4.90. The highest BCUT2D eigenvalue weighted by atomic mass is 16.5. The van der Waals surface area contributed by atoms with Gasteiger partial charge in [-0.3, -0.25) is 10.0 Å². The normalized spacial score (nSPS) is 10.6.